The Balaban J connectivity index is 0.000000270. The van der Waals surface area contributed by atoms with Crippen LogP contribution in [0.15, 0.2) is 28.8 Å². The summed E-state index contributed by atoms with van der Waals surface area (Å²) in [4.78, 5) is 2.38. The Bertz CT molecular complexity index is 642. The highest BCUT2D eigenvalue weighted by Crippen LogP contribution is 2.19. The predicted molar refractivity (Wildman–Crippen MR) is 82.7 cm³/mol. The van der Waals surface area contributed by atoms with Gasteiger partial charge in [-0.15, -0.1) is 0 Å². The van der Waals surface area contributed by atoms with Crippen molar-refractivity contribution < 1.29 is 17.5 Å². The van der Waals surface area contributed by atoms with Gasteiger partial charge < -0.3 is 9.42 Å². The summed E-state index contributed by atoms with van der Waals surface area (Å²) in [5, 5.41) is 4.17. The summed E-state index contributed by atoms with van der Waals surface area (Å²) in [6.07, 6.45) is 0. The molecule has 0 aliphatic rings. The molecule has 0 saturated heterocycles. The van der Waals surface area contributed by atoms with Crippen LogP contribution in [0.5, 0.6) is 0 Å². The van der Waals surface area contributed by atoms with Gasteiger partial charge in [0.1, 0.15) is 11.4 Å². The van der Waals surface area contributed by atoms with Crippen LogP contribution in [-0.2, 0) is 15.9 Å². The normalized spacial score (nSPS) is 11.5. The Labute approximate surface area is 125 Å². The second kappa shape index (κ2) is 8.11. The molecule has 0 spiro atoms. The fraction of sp³-hybridized carbons (Fsp3) is 0.500. The second-order valence-corrected chi connectivity index (χ2v) is 5.92. The molecule has 0 atom stereocenters. The maximum Gasteiger partial charge on any atom is 0.270 e. The fourth-order valence-corrected chi connectivity index (χ4v) is 2.44. The van der Waals surface area contributed by atoms with Crippen molar-refractivity contribution in [2.75, 3.05) is 19.6 Å². The molecule has 0 aliphatic carbocycles. The topological polar surface area (TPSA) is 83.6 Å². The fourth-order valence-electron chi connectivity index (χ4n) is 1.89. The molecule has 2 rings (SSSR count). The predicted octanol–water partition coefficient (Wildman–Crippen LogP) is 2.56. The summed E-state index contributed by atoms with van der Waals surface area (Å²) in [6.45, 7) is 10.1. The number of aromatic nitrogens is 1. The van der Waals surface area contributed by atoms with Gasteiger partial charge in [0.15, 0.2) is 5.58 Å². The molecule has 0 amide bonds. The van der Waals surface area contributed by atoms with Gasteiger partial charge in [-0.05, 0) is 31.8 Å². The number of benzene rings is 1. The maximum atomic E-state index is 10.6. The van der Waals surface area contributed by atoms with E-state index >= 15 is 0 Å². The van der Waals surface area contributed by atoms with Gasteiger partial charge in [0, 0.05) is 5.39 Å². The smallest absolute Gasteiger partial charge is 0.270 e. The van der Waals surface area contributed by atoms with Crippen LogP contribution < -0.4 is 0 Å². The molecule has 0 bridgehead atoms. The minimum Gasteiger partial charge on any atom is -0.356 e. The van der Waals surface area contributed by atoms with E-state index in [9.17, 15) is 8.42 Å². The molecule has 0 unspecified atom stereocenters. The third kappa shape index (κ3) is 5.82. The first-order valence-corrected chi connectivity index (χ1v) is 8.52. The van der Waals surface area contributed by atoms with Gasteiger partial charge in [-0.25, -0.2) is 0 Å². The molecular weight excluding hydrogens is 292 g/mol. The van der Waals surface area contributed by atoms with Crippen LogP contribution >= 0.6 is 0 Å². The first-order chi connectivity index (χ1) is 9.91. The van der Waals surface area contributed by atoms with Crippen LogP contribution in [0.2, 0.25) is 0 Å². The minimum absolute atomic E-state index is 0.225. The van der Waals surface area contributed by atoms with E-state index in [1.165, 1.54) is 19.6 Å². The summed E-state index contributed by atoms with van der Waals surface area (Å²) >= 11 is 0. The van der Waals surface area contributed by atoms with Crippen LogP contribution in [0.3, 0.4) is 0 Å². The highest BCUT2D eigenvalue weighted by molar-refractivity contribution is 7.85. The van der Waals surface area contributed by atoms with E-state index in [0.29, 0.717) is 11.0 Å². The first-order valence-electron chi connectivity index (χ1n) is 6.92. The van der Waals surface area contributed by atoms with Crippen molar-refractivity contribution in [2.45, 2.75) is 26.5 Å². The molecule has 0 radical (unpaired) electrons. The lowest BCUT2D eigenvalue weighted by atomic mass is 10.2. The van der Waals surface area contributed by atoms with Crippen molar-refractivity contribution in [3.63, 3.8) is 0 Å². The number of rotatable bonds is 5. The Kier molecular flexibility index (Phi) is 6.80. The molecule has 21 heavy (non-hydrogen) atoms. The molecule has 1 aromatic heterocycles. The van der Waals surface area contributed by atoms with Crippen LogP contribution in [0, 0.1) is 0 Å². The van der Waals surface area contributed by atoms with Crippen molar-refractivity contribution in [1.29, 1.82) is 0 Å². The van der Waals surface area contributed by atoms with Crippen molar-refractivity contribution >= 4 is 21.1 Å². The quantitative estimate of drug-likeness (QED) is 0.854. The van der Waals surface area contributed by atoms with Crippen molar-refractivity contribution in [2.24, 2.45) is 0 Å². The lowest BCUT2D eigenvalue weighted by molar-refractivity contribution is 0.321. The van der Waals surface area contributed by atoms with Gasteiger partial charge in [0.25, 0.3) is 10.1 Å². The lowest BCUT2D eigenvalue weighted by Gasteiger charge is -2.13. The van der Waals surface area contributed by atoms with E-state index in [1.54, 1.807) is 24.3 Å². The zero-order chi connectivity index (χ0) is 15.9. The first kappa shape index (κ1) is 17.6. The van der Waals surface area contributed by atoms with E-state index in [0.717, 1.165) is 0 Å². The van der Waals surface area contributed by atoms with E-state index in [4.69, 9.17) is 9.08 Å². The van der Waals surface area contributed by atoms with Crippen LogP contribution in [0.1, 0.15) is 26.5 Å². The molecule has 0 aliphatic heterocycles. The number of fused-ring (bicyclic) bond motifs is 1. The van der Waals surface area contributed by atoms with Gasteiger partial charge in [0.2, 0.25) is 0 Å². The lowest BCUT2D eigenvalue weighted by Crippen LogP contribution is -2.21. The standard InChI is InChI=1S/C8H7NO4S.C6H15N/c10-14(11,12)5-7-6-3-1-2-4-8(6)13-9-7;1-4-7(5-2)6-3/h1-4H,5H2,(H,10,11,12);4-6H2,1-3H3. The Morgan fingerprint density at radius 2 is 1.71 bits per heavy atom. The summed E-state index contributed by atoms with van der Waals surface area (Å²) in [5.41, 5.74) is 0.731. The molecule has 1 heterocycles. The number of para-hydroxylation sites is 1. The SMILES string of the molecule is CCN(CC)CC.O=S(=O)(O)Cc1noc2ccccc12. The molecule has 0 fully saturated rings. The van der Waals surface area contributed by atoms with E-state index in [2.05, 4.69) is 30.8 Å². The van der Waals surface area contributed by atoms with Gasteiger partial charge in [0.05, 0.1) is 0 Å². The van der Waals surface area contributed by atoms with Crippen LogP contribution in [0.25, 0.3) is 11.0 Å². The molecule has 118 valence electrons. The van der Waals surface area contributed by atoms with Gasteiger partial charge in [-0.2, -0.15) is 8.42 Å². The maximum absolute atomic E-state index is 10.6. The number of hydrogen-bond donors (Lipinski definition) is 1. The van der Waals surface area contributed by atoms with E-state index < -0.39 is 15.9 Å². The zero-order valence-electron chi connectivity index (χ0n) is 12.6. The zero-order valence-corrected chi connectivity index (χ0v) is 13.4. The summed E-state index contributed by atoms with van der Waals surface area (Å²) in [5.74, 6) is -0.524. The van der Waals surface area contributed by atoms with E-state index in [-0.39, 0.29) is 5.69 Å². The number of hydrogen-bond acceptors (Lipinski definition) is 5. The molecular formula is C14H22N2O4S. The molecule has 2 aromatic rings. The third-order valence-corrected chi connectivity index (χ3v) is 3.75. The van der Waals surface area contributed by atoms with Crippen molar-refractivity contribution in [3.8, 4) is 0 Å². The Hall–Kier alpha value is -1.44. The second-order valence-electron chi connectivity index (χ2n) is 4.47. The molecule has 7 heteroatoms. The van der Waals surface area contributed by atoms with Gasteiger partial charge >= 0.3 is 0 Å². The van der Waals surface area contributed by atoms with E-state index in [1.807, 2.05) is 0 Å². The monoisotopic (exact) mass is 314 g/mol. The molecule has 1 N–H and O–H groups in total. The molecule has 1 aromatic carbocycles. The third-order valence-electron chi connectivity index (χ3n) is 3.11. The van der Waals surface area contributed by atoms with Crippen molar-refractivity contribution in [1.82, 2.24) is 10.1 Å². The average molecular weight is 314 g/mol. The molecule has 0 saturated carbocycles. The largest absolute Gasteiger partial charge is 0.356 e. The van der Waals surface area contributed by atoms with Crippen molar-refractivity contribution in [3.05, 3.63) is 30.0 Å². The number of nitrogens with zero attached hydrogens (tertiary/aromatic N) is 2. The molecule has 6 nitrogen and oxygen atoms in total. The summed E-state index contributed by atoms with van der Waals surface area (Å²) in [7, 11) is -4.06. The van der Waals surface area contributed by atoms with Crippen LogP contribution in [0.4, 0.5) is 0 Å². The minimum atomic E-state index is -4.06. The van der Waals surface area contributed by atoms with Gasteiger partial charge in [-0.3, -0.25) is 4.55 Å². The Morgan fingerprint density at radius 3 is 2.19 bits per heavy atom. The summed E-state index contributed by atoms with van der Waals surface area (Å²) < 4.78 is 34.7. The van der Waals surface area contributed by atoms with Crippen LogP contribution in [-0.4, -0.2) is 42.7 Å². The highest BCUT2D eigenvalue weighted by atomic mass is 32.2. The Morgan fingerprint density at radius 1 is 1.14 bits per heavy atom. The van der Waals surface area contributed by atoms with Gasteiger partial charge in [-0.1, -0.05) is 38.1 Å². The summed E-state index contributed by atoms with van der Waals surface area (Å²) in [6, 6.07) is 6.86. The highest BCUT2D eigenvalue weighted by Gasteiger charge is 2.14. The average Bonchev–Trinajstić information content (AvgIpc) is 2.83.